The Morgan fingerprint density at radius 3 is 2.26 bits per heavy atom. The molecule has 0 fully saturated rings. The van der Waals surface area contributed by atoms with Crippen molar-refractivity contribution in [2.75, 3.05) is 7.11 Å². The number of ether oxygens (including phenoxy) is 1. The first kappa shape index (κ1) is 15.2. The molecule has 4 heteroatoms. The van der Waals surface area contributed by atoms with Crippen molar-refractivity contribution in [3.8, 4) is 0 Å². The van der Waals surface area contributed by atoms with E-state index in [1.807, 2.05) is 24.3 Å². The van der Waals surface area contributed by atoms with Crippen molar-refractivity contribution in [1.29, 1.82) is 0 Å². The molecule has 0 amide bonds. The fourth-order valence-electron chi connectivity index (χ4n) is 1.46. The molecule has 0 atom stereocenters. The van der Waals surface area contributed by atoms with E-state index in [0.717, 1.165) is 5.56 Å². The Morgan fingerprint density at radius 1 is 1.21 bits per heavy atom. The van der Waals surface area contributed by atoms with Gasteiger partial charge in [0.2, 0.25) is 8.32 Å². The van der Waals surface area contributed by atoms with Crippen LogP contribution in [-0.4, -0.2) is 21.4 Å². The fourth-order valence-corrected chi connectivity index (χ4v) is 2.32. The predicted octanol–water partition coefficient (Wildman–Crippen LogP) is 3.85. The standard InChI is InChI=1S/C15H20O3Si/c1-12(18-19(3,4)5)6-7-13-8-10-14(11-9-13)15(16)17-2/h6-11H,1H2,2-5H3/b7-6+. The summed E-state index contributed by atoms with van der Waals surface area (Å²) in [7, 11) is -0.230. The molecule has 0 heterocycles. The summed E-state index contributed by atoms with van der Waals surface area (Å²) in [5, 5.41) is 0. The van der Waals surface area contributed by atoms with Crippen LogP contribution in [0, 0.1) is 0 Å². The molecule has 0 aromatic heterocycles. The summed E-state index contributed by atoms with van der Waals surface area (Å²) >= 11 is 0. The fraction of sp³-hybridized carbons (Fsp3) is 0.267. The lowest BCUT2D eigenvalue weighted by Crippen LogP contribution is -2.23. The molecule has 0 aliphatic heterocycles. The van der Waals surface area contributed by atoms with Crippen LogP contribution in [-0.2, 0) is 9.16 Å². The number of carbonyl (C=O) groups is 1. The molecule has 0 bridgehead atoms. The van der Waals surface area contributed by atoms with Gasteiger partial charge in [-0.2, -0.15) is 0 Å². The SMILES string of the molecule is C=C(/C=C/c1ccc(C(=O)OC)cc1)O[Si](C)(C)C. The highest BCUT2D eigenvalue weighted by molar-refractivity contribution is 6.70. The summed E-state index contributed by atoms with van der Waals surface area (Å²) in [5.74, 6) is 0.332. The Labute approximate surface area is 115 Å². The van der Waals surface area contributed by atoms with Gasteiger partial charge in [0.05, 0.1) is 18.4 Å². The molecule has 1 rings (SSSR count). The van der Waals surface area contributed by atoms with E-state index < -0.39 is 8.32 Å². The van der Waals surface area contributed by atoms with E-state index >= 15 is 0 Å². The van der Waals surface area contributed by atoms with Crippen LogP contribution in [0.5, 0.6) is 0 Å². The zero-order chi connectivity index (χ0) is 14.5. The number of hydrogen-bond acceptors (Lipinski definition) is 3. The molecule has 1 aromatic carbocycles. The first-order valence-electron chi connectivity index (χ1n) is 6.06. The predicted molar refractivity (Wildman–Crippen MR) is 80.4 cm³/mol. The zero-order valence-electron chi connectivity index (χ0n) is 11.9. The number of carbonyl (C=O) groups excluding carboxylic acids is 1. The second kappa shape index (κ2) is 6.38. The molecule has 0 spiro atoms. The Morgan fingerprint density at radius 2 is 1.79 bits per heavy atom. The van der Waals surface area contributed by atoms with E-state index in [9.17, 15) is 4.79 Å². The monoisotopic (exact) mass is 276 g/mol. The third kappa shape index (κ3) is 5.57. The van der Waals surface area contributed by atoms with Crippen molar-refractivity contribution in [3.05, 3.63) is 53.8 Å². The highest BCUT2D eigenvalue weighted by Gasteiger charge is 2.15. The van der Waals surface area contributed by atoms with Crippen LogP contribution < -0.4 is 0 Å². The first-order chi connectivity index (χ1) is 8.81. The Kier molecular flexibility index (Phi) is 5.12. The smallest absolute Gasteiger partial charge is 0.337 e. The lowest BCUT2D eigenvalue weighted by Gasteiger charge is -2.18. The Balaban J connectivity index is 2.68. The van der Waals surface area contributed by atoms with Gasteiger partial charge in [0.25, 0.3) is 0 Å². The van der Waals surface area contributed by atoms with Crippen LogP contribution in [0.2, 0.25) is 19.6 Å². The molecule has 0 saturated carbocycles. The molecule has 0 saturated heterocycles. The van der Waals surface area contributed by atoms with Gasteiger partial charge in [-0.3, -0.25) is 0 Å². The lowest BCUT2D eigenvalue weighted by molar-refractivity contribution is 0.0600. The third-order valence-corrected chi connectivity index (χ3v) is 3.11. The first-order valence-corrected chi connectivity index (χ1v) is 9.47. The summed E-state index contributed by atoms with van der Waals surface area (Å²) in [5.41, 5.74) is 1.52. The van der Waals surface area contributed by atoms with Gasteiger partial charge >= 0.3 is 5.97 Å². The van der Waals surface area contributed by atoms with Gasteiger partial charge in [0.15, 0.2) is 0 Å². The van der Waals surface area contributed by atoms with E-state index in [0.29, 0.717) is 11.3 Å². The van der Waals surface area contributed by atoms with Crippen molar-refractivity contribution in [2.45, 2.75) is 19.6 Å². The van der Waals surface area contributed by atoms with Gasteiger partial charge in [-0.25, -0.2) is 4.79 Å². The third-order valence-electron chi connectivity index (χ3n) is 2.23. The van der Waals surface area contributed by atoms with Gasteiger partial charge in [0.1, 0.15) is 0 Å². The average molecular weight is 276 g/mol. The van der Waals surface area contributed by atoms with Crippen molar-refractivity contribution < 1.29 is 14.0 Å². The number of benzene rings is 1. The number of hydrogen-bond donors (Lipinski definition) is 0. The van der Waals surface area contributed by atoms with Crippen molar-refractivity contribution >= 4 is 20.4 Å². The summed E-state index contributed by atoms with van der Waals surface area (Å²) in [6.45, 7) is 10.2. The van der Waals surface area contributed by atoms with Gasteiger partial charge < -0.3 is 9.16 Å². The average Bonchev–Trinajstić information content (AvgIpc) is 2.34. The molecule has 102 valence electrons. The summed E-state index contributed by atoms with van der Waals surface area (Å²) in [6, 6.07) is 7.16. The molecule has 3 nitrogen and oxygen atoms in total. The number of methoxy groups -OCH3 is 1. The number of allylic oxidation sites excluding steroid dienone is 1. The topological polar surface area (TPSA) is 35.5 Å². The number of esters is 1. The molecule has 0 aliphatic rings. The van der Waals surface area contributed by atoms with Crippen LogP contribution in [0.25, 0.3) is 6.08 Å². The van der Waals surface area contributed by atoms with E-state index in [4.69, 9.17) is 4.43 Å². The largest absolute Gasteiger partial charge is 0.545 e. The van der Waals surface area contributed by atoms with Gasteiger partial charge in [-0.1, -0.05) is 24.8 Å². The summed E-state index contributed by atoms with van der Waals surface area (Å²) < 4.78 is 10.4. The molecule has 0 aliphatic carbocycles. The molecule has 0 unspecified atom stereocenters. The maximum atomic E-state index is 11.3. The second-order valence-corrected chi connectivity index (χ2v) is 9.56. The molecule has 0 radical (unpaired) electrons. The summed E-state index contributed by atoms with van der Waals surface area (Å²) in [4.78, 5) is 11.3. The quantitative estimate of drug-likeness (QED) is 0.354. The lowest BCUT2D eigenvalue weighted by atomic mass is 10.1. The van der Waals surface area contributed by atoms with Crippen molar-refractivity contribution in [2.24, 2.45) is 0 Å². The minimum atomic E-state index is -1.60. The minimum absolute atomic E-state index is 0.331. The van der Waals surface area contributed by atoms with Crippen LogP contribution >= 0.6 is 0 Å². The van der Waals surface area contributed by atoms with E-state index in [-0.39, 0.29) is 5.97 Å². The molecular formula is C15H20O3Si. The van der Waals surface area contributed by atoms with Crippen molar-refractivity contribution in [1.82, 2.24) is 0 Å². The van der Waals surface area contributed by atoms with Crippen LogP contribution in [0.15, 0.2) is 42.7 Å². The van der Waals surface area contributed by atoms with E-state index in [2.05, 4.69) is 31.0 Å². The van der Waals surface area contributed by atoms with Crippen LogP contribution in [0.1, 0.15) is 15.9 Å². The van der Waals surface area contributed by atoms with Crippen LogP contribution in [0.4, 0.5) is 0 Å². The van der Waals surface area contributed by atoms with E-state index in [1.54, 1.807) is 12.1 Å². The highest BCUT2D eigenvalue weighted by atomic mass is 28.4. The maximum Gasteiger partial charge on any atom is 0.337 e. The molecule has 1 aromatic rings. The van der Waals surface area contributed by atoms with Gasteiger partial charge in [-0.15, -0.1) is 0 Å². The van der Waals surface area contributed by atoms with E-state index in [1.165, 1.54) is 7.11 Å². The summed E-state index contributed by atoms with van der Waals surface area (Å²) in [6.07, 6.45) is 3.74. The Bertz CT molecular complexity index is 481. The second-order valence-electron chi connectivity index (χ2n) is 5.13. The molecular weight excluding hydrogens is 256 g/mol. The minimum Gasteiger partial charge on any atom is -0.545 e. The highest BCUT2D eigenvalue weighted by Crippen LogP contribution is 2.12. The van der Waals surface area contributed by atoms with Crippen LogP contribution in [0.3, 0.4) is 0 Å². The van der Waals surface area contributed by atoms with Gasteiger partial charge in [-0.05, 0) is 43.4 Å². The van der Waals surface area contributed by atoms with Gasteiger partial charge in [0, 0.05) is 0 Å². The number of rotatable bonds is 5. The Hall–Kier alpha value is -1.81. The normalized spacial score (nSPS) is 11.4. The zero-order valence-corrected chi connectivity index (χ0v) is 12.9. The van der Waals surface area contributed by atoms with Crippen molar-refractivity contribution in [3.63, 3.8) is 0 Å². The maximum absolute atomic E-state index is 11.3. The molecule has 0 N–H and O–H groups in total. The molecule has 19 heavy (non-hydrogen) atoms.